The van der Waals surface area contributed by atoms with Gasteiger partial charge in [0.15, 0.2) is 5.82 Å². The standard InChI is InChI=1S/C15H18N6O3S/c1-25(23,24)18-14-9-20(19-17-14)10-15(22)21-8-11(6-7-16)12-4-2-3-5-13(12)21/h2-5,8-9,18H,6-7,10,16H2,1H3. The molecule has 3 aromatic rings. The van der Waals surface area contributed by atoms with Gasteiger partial charge in [-0.1, -0.05) is 23.4 Å². The number of anilines is 1. The molecule has 0 atom stereocenters. The van der Waals surface area contributed by atoms with E-state index in [-0.39, 0.29) is 18.3 Å². The minimum Gasteiger partial charge on any atom is -0.330 e. The summed E-state index contributed by atoms with van der Waals surface area (Å²) < 4.78 is 27.4. The average Bonchev–Trinajstić information content (AvgIpc) is 3.11. The van der Waals surface area contributed by atoms with Gasteiger partial charge < -0.3 is 5.73 Å². The summed E-state index contributed by atoms with van der Waals surface area (Å²) in [4.78, 5) is 12.6. The van der Waals surface area contributed by atoms with E-state index in [0.29, 0.717) is 13.0 Å². The van der Waals surface area contributed by atoms with Crippen molar-refractivity contribution in [2.75, 3.05) is 17.5 Å². The first kappa shape index (κ1) is 17.1. The Labute approximate surface area is 144 Å². The number of nitrogens with two attached hydrogens (primary N) is 1. The Morgan fingerprint density at radius 1 is 1.28 bits per heavy atom. The smallest absolute Gasteiger partial charge is 0.252 e. The lowest BCUT2D eigenvalue weighted by atomic mass is 10.1. The molecule has 3 N–H and O–H groups in total. The Morgan fingerprint density at radius 3 is 2.76 bits per heavy atom. The van der Waals surface area contributed by atoms with Crippen LogP contribution in [0.3, 0.4) is 0 Å². The molecule has 0 saturated heterocycles. The first-order valence-corrected chi connectivity index (χ1v) is 9.46. The third kappa shape index (κ3) is 3.86. The molecule has 0 spiro atoms. The molecule has 2 heterocycles. The summed E-state index contributed by atoms with van der Waals surface area (Å²) in [6, 6.07) is 7.60. The van der Waals surface area contributed by atoms with Crippen LogP contribution < -0.4 is 10.5 Å². The van der Waals surface area contributed by atoms with E-state index >= 15 is 0 Å². The van der Waals surface area contributed by atoms with Gasteiger partial charge in [0.25, 0.3) is 5.91 Å². The molecule has 0 bridgehead atoms. The van der Waals surface area contributed by atoms with Crippen LogP contribution in [0.1, 0.15) is 10.4 Å². The Hall–Kier alpha value is -2.72. The van der Waals surface area contributed by atoms with Crippen molar-refractivity contribution < 1.29 is 13.2 Å². The Bertz CT molecular complexity index is 1020. The predicted octanol–water partition coefficient (Wildman–Crippen LogP) is 0.446. The van der Waals surface area contributed by atoms with Gasteiger partial charge in [0.1, 0.15) is 6.54 Å². The molecule has 0 aliphatic rings. The highest BCUT2D eigenvalue weighted by molar-refractivity contribution is 7.92. The van der Waals surface area contributed by atoms with E-state index in [9.17, 15) is 13.2 Å². The number of nitrogens with zero attached hydrogens (tertiary/aromatic N) is 4. The highest BCUT2D eigenvalue weighted by atomic mass is 32.2. The molecule has 10 heteroatoms. The Balaban J connectivity index is 1.85. The van der Waals surface area contributed by atoms with Crippen molar-refractivity contribution in [3.05, 3.63) is 42.2 Å². The van der Waals surface area contributed by atoms with E-state index in [2.05, 4.69) is 15.0 Å². The Kier molecular flexibility index (Phi) is 4.55. The summed E-state index contributed by atoms with van der Waals surface area (Å²) in [5, 5.41) is 8.45. The van der Waals surface area contributed by atoms with E-state index in [0.717, 1.165) is 22.7 Å². The van der Waals surface area contributed by atoms with Crippen molar-refractivity contribution in [2.45, 2.75) is 13.0 Å². The average molecular weight is 362 g/mol. The van der Waals surface area contributed by atoms with Crippen LogP contribution in [0.5, 0.6) is 0 Å². The molecule has 0 aliphatic heterocycles. The van der Waals surface area contributed by atoms with Gasteiger partial charge in [-0.15, -0.1) is 5.10 Å². The van der Waals surface area contributed by atoms with E-state index in [4.69, 9.17) is 5.73 Å². The van der Waals surface area contributed by atoms with Crippen molar-refractivity contribution in [3.8, 4) is 0 Å². The molecule has 0 radical (unpaired) electrons. The van der Waals surface area contributed by atoms with E-state index in [1.807, 2.05) is 24.3 Å². The molecule has 1 aromatic carbocycles. The maximum Gasteiger partial charge on any atom is 0.252 e. The van der Waals surface area contributed by atoms with Crippen LogP contribution in [-0.4, -0.2) is 46.7 Å². The fraction of sp³-hybridized carbons (Fsp3) is 0.267. The van der Waals surface area contributed by atoms with Crippen molar-refractivity contribution >= 4 is 32.7 Å². The third-order valence-electron chi connectivity index (χ3n) is 3.60. The number of hydrogen-bond donors (Lipinski definition) is 2. The van der Waals surface area contributed by atoms with Gasteiger partial charge in [0.2, 0.25) is 10.0 Å². The molecule has 0 fully saturated rings. The summed E-state index contributed by atoms with van der Waals surface area (Å²) in [5.41, 5.74) is 7.44. The van der Waals surface area contributed by atoms with Crippen molar-refractivity contribution in [1.82, 2.24) is 19.6 Å². The van der Waals surface area contributed by atoms with E-state index in [1.54, 1.807) is 10.8 Å². The van der Waals surface area contributed by atoms with Gasteiger partial charge >= 0.3 is 0 Å². The van der Waals surface area contributed by atoms with Crippen molar-refractivity contribution in [1.29, 1.82) is 0 Å². The molecule has 0 saturated carbocycles. The molecule has 2 aromatic heterocycles. The lowest BCUT2D eigenvalue weighted by Gasteiger charge is -2.03. The van der Waals surface area contributed by atoms with Crippen LogP contribution in [-0.2, 0) is 23.0 Å². The van der Waals surface area contributed by atoms with Gasteiger partial charge in [-0.25, -0.2) is 13.1 Å². The number of nitrogens with one attached hydrogen (secondary N) is 1. The largest absolute Gasteiger partial charge is 0.330 e. The maximum atomic E-state index is 12.6. The normalized spacial score (nSPS) is 11.8. The zero-order valence-corrected chi connectivity index (χ0v) is 14.4. The fourth-order valence-corrected chi connectivity index (χ4v) is 3.11. The molecule has 0 unspecified atom stereocenters. The van der Waals surface area contributed by atoms with Crippen molar-refractivity contribution in [2.24, 2.45) is 5.73 Å². The van der Waals surface area contributed by atoms with Gasteiger partial charge in [-0.2, -0.15) is 0 Å². The highest BCUT2D eigenvalue weighted by Gasteiger charge is 2.15. The fourth-order valence-electron chi connectivity index (χ4n) is 2.64. The van der Waals surface area contributed by atoms with Crippen LogP contribution in [0.15, 0.2) is 36.7 Å². The second-order valence-corrected chi connectivity index (χ2v) is 7.40. The predicted molar refractivity (Wildman–Crippen MR) is 93.8 cm³/mol. The zero-order valence-electron chi connectivity index (χ0n) is 13.6. The van der Waals surface area contributed by atoms with Crippen molar-refractivity contribution in [3.63, 3.8) is 0 Å². The van der Waals surface area contributed by atoms with E-state index < -0.39 is 10.0 Å². The molecule has 0 aliphatic carbocycles. The minimum atomic E-state index is -3.44. The molecule has 132 valence electrons. The third-order valence-corrected chi connectivity index (χ3v) is 4.18. The number of carbonyl (C=O) groups excluding carboxylic acids is 1. The number of fused-ring (bicyclic) bond motifs is 1. The lowest BCUT2D eigenvalue weighted by Crippen LogP contribution is -2.17. The van der Waals surface area contributed by atoms with E-state index in [1.165, 1.54) is 10.9 Å². The van der Waals surface area contributed by atoms with Gasteiger partial charge in [0.05, 0.1) is 18.0 Å². The second-order valence-electron chi connectivity index (χ2n) is 5.65. The first-order valence-electron chi connectivity index (χ1n) is 7.57. The number of sulfonamides is 1. The molecular formula is C15H18N6O3S. The van der Waals surface area contributed by atoms with Crippen LogP contribution in [0, 0.1) is 0 Å². The molecular weight excluding hydrogens is 344 g/mol. The molecule has 3 rings (SSSR count). The highest BCUT2D eigenvalue weighted by Crippen LogP contribution is 2.21. The first-order chi connectivity index (χ1) is 11.9. The summed E-state index contributed by atoms with van der Waals surface area (Å²) in [6.45, 7) is 0.422. The van der Waals surface area contributed by atoms with Gasteiger partial charge in [-0.05, 0) is 24.6 Å². The number of para-hydroxylation sites is 1. The van der Waals surface area contributed by atoms with Crippen LogP contribution in [0.25, 0.3) is 10.9 Å². The number of aromatic nitrogens is 4. The lowest BCUT2D eigenvalue weighted by molar-refractivity contribution is 0.0891. The summed E-state index contributed by atoms with van der Waals surface area (Å²) in [6.07, 6.45) is 4.84. The zero-order chi connectivity index (χ0) is 18.0. The quantitative estimate of drug-likeness (QED) is 0.656. The second kappa shape index (κ2) is 6.65. The number of rotatable bonds is 6. The van der Waals surface area contributed by atoms with Crippen LogP contribution >= 0.6 is 0 Å². The maximum absolute atomic E-state index is 12.6. The summed E-state index contributed by atoms with van der Waals surface area (Å²) >= 11 is 0. The number of hydrogen-bond acceptors (Lipinski definition) is 6. The van der Waals surface area contributed by atoms with Crippen LogP contribution in [0.2, 0.25) is 0 Å². The topological polar surface area (TPSA) is 125 Å². The molecule has 25 heavy (non-hydrogen) atoms. The summed E-state index contributed by atoms with van der Waals surface area (Å²) in [7, 11) is -3.44. The van der Waals surface area contributed by atoms with Gasteiger partial charge in [-0.3, -0.25) is 14.1 Å². The monoisotopic (exact) mass is 362 g/mol. The van der Waals surface area contributed by atoms with Gasteiger partial charge in [0, 0.05) is 11.6 Å². The number of benzene rings is 1. The van der Waals surface area contributed by atoms with Crippen LogP contribution in [0.4, 0.5) is 5.82 Å². The summed E-state index contributed by atoms with van der Waals surface area (Å²) in [5.74, 6) is -0.147. The Morgan fingerprint density at radius 2 is 2.04 bits per heavy atom. The molecule has 0 amide bonds. The molecule has 9 nitrogen and oxygen atoms in total. The number of carbonyl (C=O) groups is 1. The SMILES string of the molecule is CS(=O)(=O)Nc1cn(CC(=O)n2cc(CCN)c3ccccc32)nn1. The minimum absolute atomic E-state index is 0.0662.